The van der Waals surface area contributed by atoms with Crippen LogP contribution in [-0.4, -0.2) is 22.2 Å². The molecule has 0 radical (unpaired) electrons. The van der Waals surface area contributed by atoms with E-state index in [0.717, 1.165) is 12.3 Å². The van der Waals surface area contributed by atoms with E-state index in [1.165, 1.54) is 0 Å². The molecule has 0 aliphatic heterocycles. The maximum absolute atomic E-state index is 12.2. The number of halogens is 3. The average molecular weight is 263 g/mol. The summed E-state index contributed by atoms with van der Waals surface area (Å²) < 4.78 is 41.4. The van der Waals surface area contributed by atoms with Gasteiger partial charge in [0.2, 0.25) is 0 Å². The minimum atomic E-state index is -4.55. The van der Waals surface area contributed by atoms with E-state index in [9.17, 15) is 23.1 Å². The quantitative estimate of drug-likeness (QED) is 0.848. The molecule has 4 nitrogen and oxygen atoms in total. The number of alkyl halides is 3. The van der Waals surface area contributed by atoms with Crippen molar-refractivity contribution >= 4 is 5.97 Å². The van der Waals surface area contributed by atoms with Crippen molar-refractivity contribution in [1.82, 2.24) is 4.98 Å². The van der Waals surface area contributed by atoms with Gasteiger partial charge in [0.1, 0.15) is 5.69 Å². The Hall–Kier alpha value is -1.63. The average Bonchev–Trinajstić information content (AvgIpc) is 2.26. The Bertz CT molecular complexity index is 415. The summed E-state index contributed by atoms with van der Waals surface area (Å²) in [6.45, 7) is 3.19. The lowest BCUT2D eigenvalue weighted by molar-refractivity contribution is -0.157. The van der Waals surface area contributed by atoms with E-state index in [1.54, 1.807) is 13.8 Å². The fourth-order valence-electron chi connectivity index (χ4n) is 1.17. The van der Waals surface area contributed by atoms with Crippen molar-refractivity contribution in [2.75, 3.05) is 0 Å². The number of carbonyl (C=O) groups is 1. The molecule has 1 atom stereocenters. The summed E-state index contributed by atoms with van der Waals surface area (Å²) in [6, 6.07) is 1.68. The number of pyridine rings is 1. The van der Waals surface area contributed by atoms with Crippen LogP contribution in [0, 0.1) is 0 Å². The van der Waals surface area contributed by atoms with Gasteiger partial charge in [-0.1, -0.05) is 6.07 Å². The van der Waals surface area contributed by atoms with Crippen LogP contribution in [0.4, 0.5) is 13.2 Å². The summed E-state index contributed by atoms with van der Waals surface area (Å²) >= 11 is 0. The topological polar surface area (TPSA) is 59.4 Å². The number of ether oxygens (including phenoxy) is 1. The van der Waals surface area contributed by atoms with Crippen molar-refractivity contribution in [3.05, 3.63) is 29.6 Å². The van der Waals surface area contributed by atoms with Gasteiger partial charge in [0.05, 0.1) is 6.10 Å². The molecular weight excluding hydrogens is 251 g/mol. The maximum Gasteiger partial charge on any atom is 0.433 e. The van der Waals surface area contributed by atoms with E-state index >= 15 is 0 Å². The van der Waals surface area contributed by atoms with Crippen LogP contribution in [0.25, 0.3) is 0 Å². The van der Waals surface area contributed by atoms with Gasteiger partial charge in [-0.05, 0) is 19.9 Å². The third kappa shape index (κ3) is 3.69. The van der Waals surface area contributed by atoms with E-state index in [2.05, 4.69) is 4.98 Å². The molecule has 1 rings (SSSR count). The molecule has 0 aliphatic carbocycles. The highest BCUT2D eigenvalue weighted by Crippen LogP contribution is 2.28. The van der Waals surface area contributed by atoms with Crippen LogP contribution in [0.3, 0.4) is 0 Å². The minimum absolute atomic E-state index is 0.0475. The Morgan fingerprint density at radius 3 is 2.39 bits per heavy atom. The largest absolute Gasteiger partial charge is 0.461 e. The Labute approximate surface area is 101 Å². The molecule has 18 heavy (non-hydrogen) atoms. The molecule has 0 fully saturated rings. The second-order valence-electron chi connectivity index (χ2n) is 3.86. The van der Waals surface area contributed by atoms with Crippen LogP contribution >= 0.6 is 0 Å². The van der Waals surface area contributed by atoms with E-state index in [-0.39, 0.29) is 5.56 Å². The first-order valence-electron chi connectivity index (χ1n) is 5.13. The second-order valence-corrected chi connectivity index (χ2v) is 3.86. The fraction of sp³-hybridized carbons (Fsp3) is 0.455. The van der Waals surface area contributed by atoms with Gasteiger partial charge in [0.25, 0.3) is 0 Å². The zero-order valence-corrected chi connectivity index (χ0v) is 9.73. The molecular formula is C11H12F3NO3. The molecule has 100 valence electrons. The molecule has 0 spiro atoms. The van der Waals surface area contributed by atoms with E-state index < -0.39 is 30.0 Å². The minimum Gasteiger partial charge on any atom is -0.461 e. The number of carbonyl (C=O) groups excluding carboxylic acids is 1. The normalized spacial score (nSPS) is 13.5. The van der Waals surface area contributed by atoms with Gasteiger partial charge in [-0.15, -0.1) is 0 Å². The zero-order chi connectivity index (χ0) is 13.9. The standard InChI is InChI=1S/C11H12F3NO3/c1-6(2)18-10(17)9(16)7-3-4-8(15-5-7)11(12,13)14/h3-6,9,16H,1-2H3. The summed E-state index contributed by atoms with van der Waals surface area (Å²) in [5.41, 5.74) is -1.13. The van der Waals surface area contributed by atoms with Crippen LogP contribution in [0.15, 0.2) is 18.3 Å². The molecule has 0 amide bonds. The van der Waals surface area contributed by atoms with E-state index in [4.69, 9.17) is 4.74 Å². The van der Waals surface area contributed by atoms with E-state index in [0.29, 0.717) is 6.07 Å². The third-order valence-corrected chi connectivity index (χ3v) is 1.97. The third-order valence-electron chi connectivity index (χ3n) is 1.97. The fourth-order valence-corrected chi connectivity index (χ4v) is 1.17. The molecule has 0 saturated carbocycles. The van der Waals surface area contributed by atoms with Gasteiger partial charge in [0.15, 0.2) is 6.10 Å². The number of aliphatic hydroxyl groups is 1. The number of aliphatic hydroxyl groups excluding tert-OH is 1. The Morgan fingerprint density at radius 2 is 2.00 bits per heavy atom. The van der Waals surface area contributed by atoms with Crippen molar-refractivity contribution in [2.24, 2.45) is 0 Å². The summed E-state index contributed by atoms with van der Waals surface area (Å²) in [4.78, 5) is 14.5. The Morgan fingerprint density at radius 1 is 1.39 bits per heavy atom. The zero-order valence-electron chi connectivity index (χ0n) is 9.73. The van der Waals surface area contributed by atoms with Crippen LogP contribution in [-0.2, 0) is 15.7 Å². The predicted molar refractivity (Wildman–Crippen MR) is 55.4 cm³/mol. The van der Waals surface area contributed by atoms with Crippen LogP contribution < -0.4 is 0 Å². The lowest BCUT2D eigenvalue weighted by Gasteiger charge is -2.13. The van der Waals surface area contributed by atoms with Crippen molar-refractivity contribution in [2.45, 2.75) is 32.2 Å². The number of esters is 1. The van der Waals surface area contributed by atoms with Gasteiger partial charge in [0, 0.05) is 11.8 Å². The van der Waals surface area contributed by atoms with Gasteiger partial charge in [-0.2, -0.15) is 13.2 Å². The van der Waals surface area contributed by atoms with E-state index in [1.807, 2.05) is 0 Å². The monoisotopic (exact) mass is 263 g/mol. The maximum atomic E-state index is 12.2. The molecule has 0 aromatic carbocycles. The lowest BCUT2D eigenvalue weighted by atomic mass is 10.1. The highest BCUT2D eigenvalue weighted by molar-refractivity contribution is 5.76. The van der Waals surface area contributed by atoms with Crippen LogP contribution in [0.2, 0.25) is 0 Å². The van der Waals surface area contributed by atoms with Crippen molar-refractivity contribution in [3.63, 3.8) is 0 Å². The van der Waals surface area contributed by atoms with Crippen molar-refractivity contribution in [3.8, 4) is 0 Å². The molecule has 1 aromatic rings. The van der Waals surface area contributed by atoms with Gasteiger partial charge >= 0.3 is 12.1 Å². The first kappa shape index (κ1) is 14.4. The molecule has 0 bridgehead atoms. The summed E-state index contributed by atoms with van der Waals surface area (Å²) in [7, 11) is 0. The van der Waals surface area contributed by atoms with Crippen molar-refractivity contribution in [1.29, 1.82) is 0 Å². The smallest absolute Gasteiger partial charge is 0.433 e. The molecule has 7 heteroatoms. The molecule has 1 N–H and O–H groups in total. The highest BCUT2D eigenvalue weighted by atomic mass is 19.4. The second kappa shape index (κ2) is 5.34. The summed E-state index contributed by atoms with van der Waals surface area (Å²) in [5.74, 6) is -0.924. The highest BCUT2D eigenvalue weighted by Gasteiger charge is 2.32. The SMILES string of the molecule is CC(C)OC(=O)C(O)c1ccc(C(F)(F)F)nc1. The number of hydrogen-bond acceptors (Lipinski definition) is 4. The number of nitrogens with zero attached hydrogens (tertiary/aromatic N) is 1. The number of aromatic nitrogens is 1. The van der Waals surface area contributed by atoms with Gasteiger partial charge < -0.3 is 9.84 Å². The van der Waals surface area contributed by atoms with Gasteiger partial charge in [-0.25, -0.2) is 4.79 Å². The number of hydrogen-bond donors (Lipinski definition) is 1. The summed E-state index contributed by atoms with van der Waals surface area (Å²) in [5, 5.41) is 9.54. The molecule has 1 unspecified atom stereocenters. The number of rotatable bonds is 3. The van der Waals surface area contributed by atoms with Crippen LogP contribution in [0.5, 0.6) is 0 Å². The molecule has 1 heterocycles. The van der Waals surface area contributed by atoms with Gasteiger partial charge in [-0.3, -0.25) is 4.98 Å². The van der Waals surface area contributed by atoms with Crippen molar-refractivity contribution < 1.29 is 27.8 Å². The predicted octanol–water partition coefficient (Wildman–Crippen LogP) is 2.09. The first-order valence-corrected chi connectivity index (χ1v) is 5.13. The summed E-state index contributed by atoms with van der Waals surface area (Å²) in [6.07, 6.45) is -5.81. The molecule has 0 saturated heterocycles. The first-order chi connectivity index (χ1) is 8.21. The lowest BCUT2D eigenvalue weighted by Crippen LogP contribution is -2.19. The molecule has 1 aromatic heterocycles. The Balaban J connectivity index is 2.82. The Kier molecular flexibility index (Phi) is 4.28. The van der Waals surface area contributed by atoms with Crippen LogP contribution in [0.1, 0.15) is 31.2 Å². The molecule has 0 aliphatic rings.